The van der Waals surface area contributed by atoms with Crippen LogP contribution in [0.3, 0.4) is 0 Å². The summed E-state index contributed by atoms with van der Waals surface area (Å²) in [5.41, 5.74) is 1.81. The largest absolute Gasteiger partial charge is 0.492 e. The number of carbonyl (C=O) groups excluding carboxylic acids is 2. The van der Waals surface area contributed by atoms with Crippen molar-refractivity contribution in [2.45, 2.75) is 33.6 Å². The third-order valence-corrected chi connectivity index (χ3v) is 3.60. The first-order chi connectivity index (χ1) is 12.2. The normalized spacial score (nSPS) is 10.5. The lowest BCUT2D eigenvalue weighted by Gasteiger charge is -2.09. The van der Waals surface area contributed by atoms with Gasteiger partial charge >= 0.3 is 11.9 Å². The van der Waals surface area contributed by atoms with Gasteiger partial charge in [0.05, 0.1) is 19.8 Å². The third kappa shape index (κ3) is 4.10. The molecular weight excluding hydrogens is 320 g/mol. The smallest absolute Gasteiger partial charge is 0.342 e. The minimum absolute atomic E-state index is 0.242. The van der Waals surface area contributed by atoms with Crippen molar-refractivity contribution in [3.8, 4) is 16.9 Å². The molecule has 5 nitrogen and oxygen atoms in total. The zero-order chi connectivity index (χ0) is 18.2. The van der Waals surface area contributed by atoms with E-state index in [4.69, 9.17) is 14.2 Å². The van der Waals surface area contributed by atoms with Gasteiger partial charge in [-0.05, 0) is 19.8 Å². The van der Waals surface area contributed by atoms with Gasteiger partial charge < -0.3 is 14.2 Å². The Morgan fingerprint density at radius 1 is 0.800 bits per heavy atom. The highest BCUT2D eigenvalue weighted by Crippen LogP contribution is 2.42. The lowest BCUT2D eigenvalue weighted by atomic mass is 10.1. The molecule has 0 saturated carbocycles. The molecule has 0 heterocycles. The number of ether oxygens (including phenoxy) is 3. The van der Waals surface area contributed by atoms with Crippen LogP contribution in [0.4, 0.5) is 0 Å². The fourth-order valence-electron chi connectivity index (χ4n) is 2.58. The quantitative estimate of drug-likeness (QED) is 0.667. The molecule has 0 aromatic heterocycles. The minimum Gasteiger partial charge on any atom is -0.492 e. The second kappa shape index (κ2) is 9.06. The molecule has 0 spiro atoms. The Labute approximate surface area is 148 Å². The first-order valence-electron chi connectivity index (χ1n) is 8.67. The Morgan fingerprint density at radius 3 is 1.68 bits per heavy atom. The average molecular weight is 344 g/mol. The molecular formula is C20H24O5. The Morgan fingerprint density at radius 2 is 1.28 bits per heavy atom. The molecule has 0 amide bonds. The lowest BCUT2D eigenvalue weighted by Crippen LogP contribution is -2.10. The van der Waals surface area contributed by atoms with Crippen molar-refractivity contribution in [3.63, 3.8) is 0 Å². The number of hydrogen-bond donors (Lipinski definition) is 0. The van der Waals surface area contributed by atoms with Crippen molar-refractivity contribution < 1.29 is 23.8 Å². The summed E-state index contributed by atoms with van der Waals surface area (Å²) < 4.78 is 16.3. The Hall–Kier alpha value is -2.56. The van der Waals surface area contributed by atoms with E-state index in [9.17, 15) is 9.59 Å². The molecule has 0 fully saturated rings. The van der Waals surface area contributed by atoms with Crippen LogP contribution in [0.15, 0.2) is 30.3 Å². The van der Waals surface area contributed by atoms with Crippen LogP contribution in [0, 0.1) is 0 Å². The van der Waals surface area contributed by atoms with Crippen LogP contribution >= 0.6 is 0 Å². The average Bonchev–Trinajstić information content (AvgIpc) is 2.74. The predicted molar refractivity (Wildman–Crippen MR) is 95.4 cm³/mol. The summed E-state index contributed by atoms with van der Waals surface area (Å²) in [6.45, 7) is 6.60. The molecule has 25 heavy (non-hydrogen) atoms. The highest BCUT2D eigenvalue weighted by molar-refractivity contribution is 6.12. The summed E-state index contributed by atoms with van der Waals surface area (Å²) >= 11 is 0. The first kappa shape index (κ1) is 18.8. The van der Waals surface area contributed by atoms with E-state index in [1.54, 1.807) is 19.1 Å². The minimum atomic E-state index is -0.490. The fraction of sp³-hybridized carbons (Fsp3) is 0.400. The molecule has 2 aliphatic rings. The van der Waals surface area contributed by atoms with Gasteiger partial charge in [-0.15, -0.1) is 0 Å². The lowest BCUT2D eigenvalue weighted by molar-refractivity contribution is 0.0500. The summed E-state index contributed by atoms with van der Waals surface area (Å²) in [6.07, 6.45) is 1.43. The second-order valence-electron chi connectivity index (χ2n) is 5.52. The van der Waals surface area contributed by atoms with Gasteiger partial charge in [0.2, 0.25) is 0 Å². The van der Waals surface area contributed by atoms with Gasteiger partial charge in [0, 0.05) is 11.1 Å². The van der Waals surface area contributed by atoms with Crippen LogP contribution < -0.4 is 4.74 Å². The van der Waals surface area contributed by atoms with Crippen molar-refractivity contribution in [2.75, 3.05) is 19.8 Å². The van der Waals surface area contributed by atoms with Crippen molar-refractivity contribution >= 4 is 11.9 Å². The van der Waals surface area contributed by atoms with E-state index in [0.717, 1.165) is 0 Å². The van der Waals surface area contributed by atoms with Gasteiger partial charge in [-0.1, -0.05) is 44.2 Å². The maximum absolute atomic E-state index is 12.6. The monoisotopic (exact) mass is 344 g/mol. The summed E-state index contributed by atoms with van der Waals surface area (Å²) in [6, 6.07) is 9.04. The molecule has 2 aliphatic carbocycles. The molecule has 0 bridgehead atoms. The van der Waals surface area contributed by atoms with Crippen LogP contribution in [0.1, 0.15) is 54.3 Å². The predicted octanol–water partition coefficient (Wildman–Crippen LogP) is 4.32. The molecule has 2 rings (SSSR count). The van der Waals surface area contributed by atoms with Crippen molar-refractivity contribution in [1.82, 2.24) is 0 Å². The summed E-state index contributed by atoms with van der Waals surface area (Å²) in [5.74, 6) is -0.738. The van der Waals surface area contributed by atoms with Gasteiger partial charge in [0.1, 0.15) is 16.9 Å². The highest BCUT2D eigenvalue weighted by Gasteiger charge is 2.33. The molecule has 5 heteroatoms. The van der Waals surface area contributed by atoms with Gasteiger partial charge in [0.15, 0.2) is 0 Å². The zero-order valence-electron chi connectivity index (χ0n) is 15.0. The molecule has 134 valence electrons. The second-order valence-corrected chi connectivity index (χ2v) is 5.52. The Balaban J connectivity index is 2.63. The maximum atomic E-state index is 12.6. The zero-order valence-corrected chi connectivity index (χ0v) is 15.0. The Kier molecular flexibility index (Phi) is 6.81. The van der Waals surface area contributed by atoms with Gasteiger partial charge in [0.25, 0.3) is 0 Å². The molecule has 0 aromatic carbocycles. The molecule has 0 radical (unpaired) electrons. The molecule has 0 saturated heterocycles. The van der Waals surface area contributed by atoms with Crippen LogP contribution in [-0.4, -0.2) is 31.8 Å². The molecule has 0 unspecified atom stereocenters. The molecule has 0 aromatic rings. The highest BCUT2D eigenvalue weighted by atomic mass is 16.5. The SMILES string of the molecule is CCCOC(=O)c1c2cccccc-2c(C(=O)OCCC)c1OCC. The van der Waals surface area contributed by atoms with E-state index in [1.807, 2.05) is 32.0 Å². The number of carbonyl (C=O) groups is 2. The topological polar surface area (TPSA) is 61.8 Å². The summed E-state index contributed by atoms with van der Waals surface area (Å²) in [5, 5.41) is 0. The number of fused-ring (bicyclic) bond motifs is 1. The molecule has 0 N–H and O–H groups in total. The van der Waals surface area contributed by atoms with Crippen LogP contribution in [0.25, 0.3) is 11.1 Å². The summed E-state index contributed by atoms with van der Waals surface area (Å²) in [7, 11) is 0. The van der Waals surface area contributed by atoms with Gasteiger partial charge in [-0.3, -0.25) is 0 Å². The number of rotatable bonds is 8. The molecule has 0 atom stereocenters. The van der Waals surface area contributed by atoms with Crippen molar-refractivity contribution in [3.05, 3.63) is 41.5 Å². The maximum Gasteiger partial charge on any atom is 0.342 e. The first-order valence-corrected chi connectivity index (χ1v) is 8.67. The van der Waals surface area contributed by atoms with E-state index >= 15 is 0 Å². The van der Waals surface area contributed by atoms with E-state index in [0.29, 0.717) is 43.8 Å². The van der Waals surface area contributed by atoms with Crippen molar-refractivity contribution in [2.24, 2.45) is 0 Å². The van der Waals surface area contributed by atoms with E-state index in [1.165, 1.54) is 0 Å². The molecule has 0 aliphatic heterocycles. The van der Waals surface area contributed by atoms with Gasteiger partial charge in [-0.25, -0.2) is 9.59 Å². The van der Waals surface area contributed by atoms with Crippen molar-refractivity contribution in [1.29, 1.82) is 0 Å². The van der Waals surface area contributed by atoms with Crippen LogP contribution in [-0.2, 0) is 9.47 Å². The standard InChI is InChI=1S/C20H24O5/c1-4-12-24-19(21)16-14-10-8-7-9-11-15(14)17(18(16)23-6-3)20(22)25-13-5-2/h7-11H,4-6,12-13H2,1-3H3. The fourth-order valence-corrected chi connectivity index (χ4v) is 2.58. The van der Waals surface area contributed by atoms with Gasteiger partial charge in [-0.2, -0.15) is 0 Å². The van der Waals surface area contributed by atoms with E-state index in [2.05, 4.69) is 0 Å². The number of hydrogen-bond acceptors (Lipinski definition) is 5. The van der Waals surface area contributed by atoms with E-state index < -0.39 is 11.9 Å². The summed E-state index contributed by atoms with van der Waals surface area (Å²) in [4.78, 5) is 25.2. The van der Waals surface area contributed by atoms with E-state index in [-0.39, 0.29) is 16.9 Å². The third-order valence-electron chi connectivity index (χ3n) is 3.60. The van der Waals surface area contributed by atoms with Crippen LogP contribution in [0.5, 0.6) is 5.75 Å². The van der Waals surface area contributed by atoms with Crippen LogP contribution in [0.2, 0.25) is 0 Å². The Bertz CT molecular complexity index is 653. The number of esters is 2.